The molecule has 1 heterocycles. The van der Waals surface area contributed by atoms with Crippen LogP contribution in [0.2, 0.25) is 0 Å². The molecule has 0 spiro atoms. The van der Waals surface area contributed by atoms with Gasteiger partial charge in [-0.15, -0.1) is 0 Å². The van der Waals surface area contributed by atoms with Crippen LogP contribution in [0, 0.1) is 17.8 Å². The van der Waals surface area contributed by atoms with Crippen molar-refractivity contribution in [1.29, 1.82) is 0 Å². The van der Waals surface area contributed by atoms with Crippen molar-refractivity contribution in [2.45, 2.75) is 84.3 Å². The smallest absolute Gasteiger partial charge is 0.0566 e. The Morgan fingerprint density at radius 2 is 1.83 bits per heavy atom. The van der Waals surface area contributed by atoms with E-state index in [4.69, 9.17) is 0 Å². The van der Waals surface area contributed by atoms with Crippen molar-refractivity contribution in [2.24, 2.45) is 17.8 Å². The Hall–Kier alpha value is -0.120. The van der Waals surface area contributed by atoms with Crippen LogP contribution in [-0.4, -0.2) is 48.3 Å². The van der Waals surface area contributed by atoms with Crippen LogP contribution in [0.15, 0.2) is 0 Å². The first-order chi connectivity index (χ1) is 11.1. The van der Waals surface area contributed by atoms with Crippen LogP contribution >= 0.6 is 0 Å². The number of hydrogen-bond acceptors (Lipinski definition) is 3. The summed E-state index contributed by atoms with van der Waals surface area (Å²) in [6.45, 7) is 11.3. The van der Waals surface area contributed by atoms with Crippen molar-refractivity contribution in [3.05, 3.63) is 0 Å². The third kappa shape index (κ3) is 6.72. The molecule has 3 nitrogen and oxygen atoms in total. The Morgan fingerprint density at radius 3 is 2.48 bits per heavy atom. The summed E-state index contributed by atoms with van der Waals surface area (Å²) in [7, 11) is 0. The molecule has 1 saturated carbocycles. The lowest BCUT2D eigenvalue weighted by Gasteiger charge is -2.40. The first-order valence-electron chi connectivity index (χ1n) is 10.2. The third-order valence-electron chi connectivity index (χ3n) is 5.92. The molecule has 0 radical (unpaired) electrons. The highest BCUT2D eigenvalue weighted by Crippen LogP contribution is 2.26. The molecule has 0 aromatic heterocycles. The van der Waals surface area contributed by atoms with E-state index in [1.165, 1.54) is 71.1 Å². The average Bonchev–Trinajstić information content (AvgIpc) is 2.54. The van der Waals surface area contributed by atoms with Crippen molar-refractivity contribution < 1.29 is 5.11 Å². The van der Waals surface area contributed by atoms with Crippen LogP contribution in [-0.2, 0) is 0 Å². The number of piperidine rings is 1. The summed E-state index contributed by atoms with van der Waals surface area (Å²) in [5, 5.41) is 14.2. The summed E-state index contributed by atoms with van der Waals surface area (Å²) >= 11 is 0. The molecule has 0 bridgehead atoms. The second-order valence-corrected chi connectivity index (χ2v) is 8.52. The zero-order valence-corrected chi connectivity index (χ0v) is 15.8. The summed E-state index contributed by atoms with van der Waals surface area (Å²) in [5.41, 5.74) is 0. The molecular weight excluding hydrogens is 284 g/mol. The Balaban J connectivity index is 1.81. The summed E-state index contributed by atoms with van der Waals surface area (Å²) in [6.07, 6.45) is 10.5. The minimum Gasteiger partial charge on any atom is -0.393 e. The minimum atomic E-state index is -0.138. The Morgan fingerprint density at radius 1 is 1.09 bits per heavy atom. The Labute approximate surface area is 144 Å². The molecule has 0 aromatic carbocycles. The molecule has 3 atom stereocenters. The average molecular weight is 325 g/mol. The molecule has 2 fully saturated rings. The predicted octanol–water partition coefficient (Wildman–Crippen LogP) is 3.66. The van der Waals surface area contributed by atoms with Crippen molar-refractivity contribution in [3.63, 3.8) is 0 Å². The van der Waals surface area contributed by atoms with E-state index in [1.54, 1.807) is 0 Å². The van der Waals surface area contributed by atoms with E-state index in [0.717, 1.165) is 12.3 Å². The summed E-state index contributed by atoms with van der Waals surface area (Å²) < 4.78 is 0. The first-order valence-corrected chi connectivity index (χ1v) is 10.2. The van der Waals surface area contributed by atoms with E-state index in [9.17, 15) is 5.11 Å². The van der Waals surface area contributed by atoms with Gasteiger partial charge in [0.05, 0.1) is 6.10 Å². The van der Waals surface area contributed by atoms with E-state index in [1.807, 2.05) is 0 Å². The van der Waals surface area contributed by atoms with E-state index < -0.39 is 0 Å². The molecule has 2 N–H and O–H groups in total. The standard InChI is InChI=1S/C20H40N2O/c1-4-10-22-14-18(12-20(23)16(2)3)11-19(15-22)21-13-17-8-6-5-7-9-17/h16-21,23H,4-15H2,1-3H3. The van der Waals surface area contributed by atoms with Crippen LogP contribution < -0.4 is 5.32 Å². The lowest BCUT2D eigenvalue weighted by atomic mass is 9.85. The molecule has 1 saturated heterocycles. The van der Waals surface area contributed by atoms with Gasteiger partial charge in [0.15, 0.2) is 0 Å². The second kappa shape index (κ2) is 10.0. The maximum Gasteiger partial charge on any atom is 0.0566 e. The number of nitrogens with zero attached hydrogens (tertiary/aromatic N) is 1. The number of likely N-dealkylation sites (tertiary alicyclic amines) is 1. The highest BCUT2D eigenvalue weighted by Gasteiger charge is 2.29. The van der Waals surface area contributed by atoms with Crippen molar-refractivity contribution in [1.82, 2.24) is 10.2 Å². The summed E-state index contributed by atoms with van der Waals surface area (Å²) in [4.78, 5) is 2.62. The fourth-order valence-corrected chi connectivity index (χ4v) is 4.46. The number of aliphatic hydroxyl groups excluding tert-OH is 1. The number of aliphatic hydroxyl groups is 1. The van der Waals surface area contributed by atoms with E-state index >= 15 is 0 Å². The van der Waals surface area contributed by atoms with Gasteiger partial charge >= 0.3 is 0 Å². The minimum absolute atomic E-state index is 0.138. The SMILES string of the molecule is CCCN1CC(CC(O)C(C)C)CC(NCC2CCCCC2)C1. The zero-order valence-electron chi connectivity index (χ0n) is 15.8. The molecule has 1 aliphatic heterocycles. The molecular formula is C20H40N2O. The maximum absolute atomic E-state index is 10.3. The molecule has 136 valence electrons. The van der Waals surface area contributed by atoms with Gasteiger partial charge in [0.2, 0.25) is 0 Å². The van der Waals surface area contributed by atoms with E-state index in [-0.39, 0.29) is 6.10 Å². The second-order valence-electron chi connectivity index (χ2n) is 8.52. The summed E-state index contributed by atoms with van der Waals surface area (Å²) in [6, 6.07) is 0.626. The van der Waals surface area contributed by atoms with E-state index in [0.29, 0.717) is 17.9 Å². The molecule has 3 heteroatoms. The van der Waals surface area contributed by atoms with E-state index in [2.05, 4.69) is 31.0 Å². The number of nitrogens with one attached hydrogen (secondary N) is 1. The molecule has 0 amide bonds. The maximum atomic E-state index is 10.3. The van der Waals surface area contributed by atoms with Crippen LogP contribution in [0.5, 0.6) is 0 Å². The van der Waals surface area contributed by atoms with Crippen LogP contribution in [0.25, 0.3) is 0 Å². The highest BCUT2D eigenvalue weighted by atomic mass is 16.3. The normalized spacial score (nSPS) is 29.1. The predicted molar refractivity (Wildman–Crippen MR) is 98.7 cm³/mol. The van der Waals surface area contributed by atoms with Gasteiger partial charge in [-0.1, -0.05) is 40.0 Å². The van der Waals surface area contributed by atoms with Gasteiger partial charge in [-0.25, -0.2) is 0 Å². The third-order valence-corrected chi connectivity index (χ3v) is 5.92. The van der Waals surface area contributed by atoms with Gasteiger partial charge in [0.1, 0.15) is 0 Å². The zero-order chi connectivity index (χ0) is 16.7. The lowest BCUT2D eigenvalue weighted by Crippen LogP contribution is -2.51. The first kappa shape index (κ1) is 19.2. The molecule has 23 heavy (non-hydrogen) atoms. The Bertz CT molecular complexity index is 315. The van der Waals surface area contributed by atoms with Gasteiger partial charge < -0.3 is 15.3 Å². The molecule has 2 rings (SSSR count). The fourth-order valence-electron chi connectivity index (χ4n) is 4.46. The molecule has 3 unspecified atom stereocenters. The fraction of sp³-hybridized carbons (Fsp3) is 1.00. The van der Waals surface area contributed by atoms with Crippen LogP contribution in [0.4, 0.5) is 0 Å². The van der Waals surface area contributed by atoms with Gasteiger partial charge in [-0.3, -0.25) is 0 Å². The van der Waals surface area contributed by atoms with Crippen molar-refractivity contribution >= 4 is 0 Å². The van der Waals surface area contributed by atoms with Gasteiger partial charge in [-0.2, -0.15) is 0 Å². The Kier molecular flexibility index (Phi) is 8.35. The van der Waals surface area contributed by atoms with Gasteiger partial charge in [0, 0.05) is 19.1 Å². The number of hydrogen-bond donors (Lipinski definition) is 2. The van der Waals surface area contributed by atoms with Gasteiger partial charge in [0.25, 0.3) is 0 Å². The quantitative estimate of drug-likeness (QED) is 0.715. The lowest BCUT2D eigenvalue weighted by molar-refractivity contribution is 0.0608. The van der Waals surface area contributed by atoms with Gasteiger partial charge in [-0.05, 0) is 62.9 Å². The largest absolute Gasteiger partial charge is 0.393 e. The summed E-state index contributed by atoms with van der Waals surface area (Å²) in [5.74, 6) is 1.94. The molecule has 0 aromatic rings. The molecule has 2 aliphatic rings. The number of rotatable bonds is 8. The molecule has 1 aliphatic carbocycles. The van der Waals surface area contributed by atoms with Crippen LogP contribution in [0.3, 0.4) is 0 Å². The van der Waals surface area contributed by atoms with Crippen molar-refractivity contribution in [2.75, 3.05) is 26.2 Å². The monoisotopic (exact) mass is 324 g/mol. The highest BCUT2D eigenvalue weighted by molar-refractivity contribution is 4.86. The topological polar surface area (TPSA) is 35.5 Å². The van der Waals surface area contributed by atoms with Crippen molar-refractivity contribution in [3.8, 4) is 0 Å². The van der Waals surface area contributed by atoms with Crippen LogP contribution in [0.1, 0.15) is 72.1 Å².